The van der Waals surface area contributed by atoms with Gasteiger partial charge in [-0.05, 0) is 44.4 Å². The van der Waals surface area contributed by atoms with E-state index in [9.17, 15) is 14.7 Å². The Hall–Kier alpha value is -1.26. The summed E-state index contributed by atoms with van der Waals surface area (Å²) in [7, 11) is 0. The smallest absolute Gasteiger partial charge is 0.315 e. The van der Waals surface area contributed by atoms with Crippen LogP contribution >= 0.6 is 0 Å². The van der Waals surface area contributed by atoms with E-state index in [-0.39, 0.29) is 17.5 Å². The Kier molecular flexibility index (Phi) is 4.79. The molecule has 2 amide bonds. The van der Waals surface area contributed by atoms with Gasteiger partial charge >= 0.3 is 12.0 Å². The Bertz CT molecular complexity index is 404. The van der Waals surface area contributed by atoms with Crippen LogP contribution in [0, 0.1) is 10.8 Å². The van der Waals surface area contributed by atoms with E-state index in [2.05, 4.69) is 17.6 Å². The Morgan fingerprint density at radius 2 is 1.86 bits per heavy atom. The van der Waals surface area contributed by atoms with Crippen molar-refractivity contribution in [1.82, 2.24) is 10.6 Å². The number of carbonyl (C=O) groups is 2. The van der Waals surface area contributed by atoms with Crippen LogP contribution in [0.2, 0.25) is 0 Å². The molecule has 2 aliphatic rings. The van der Waals surface area contributed by atoms with Gasteiger partial charge in [0.2, 0.25) is 0 Å². The number of amides is 2. The zero-order valence-corrected chi connectivity index (χ0v) is 13.2. The lowest BCUT2D eigenvalue weighted by Crippen LogP contribution is -2.51. The zero-order valence-electron chi connectivity index (χ0n) is 13.2. The van der Waals surface area contributed by atoms with Crippen LogP contribution in [0.5, 0.6) is 0 Å². The topological polar surface area (TPSA) is 78.4 Å². The summed E-state index contributed by atoms with van der Waals surface area (Å²) in [5, 5.41) is 15.2. The summed E-state index contributed by atoms with van der Waals surface area (Å²) < 4.78 is 0. The molecule has 120 valence electrons. The molecule has 2 aliphatic carbocycles. The highest BCUT2D eigenvalue weighted by molar-refractivity contribution is 5.79. The van der Waals surface area contributed by atoms with E-state index in [4.69, 9.17) is 0 Å². The van der Waals surface area contributed by atoms with Gasteiger partial charge in [-0.25, -0.2) is 4.79 Å². The van der Waals surface area contributed by atoms with Crippen LogP contribution in [0.15, 0.2) is 0 Å². The largest absolute Gasteiger partial charge is 0.481 e. The number of aliphatic carboxylic acids is 1. The standard InChI is InChI=1S/C16H28N2O3/c1-3-16(9-4-5-10-16)11-17-14(21)18-12-7-6-8-15(12,2)13(19)20/h12H,3-11H2,1-2H3,(H,19,20)(H2,17,18,21). The van der Waals surface area contributed by atoms with Gasteiger partial charge in [-0.1, -0.05) is 26.2 Å². The molecule has 0 bridgehead atoms. The fourth-order valence-electron chi connectivity index (χ4n) is 3.91. The lowest BCUT2D eigenvalue weighted by Gasteiger charge is -2.30. The predicted molar refractivity (Wildman–Crippen MR) is 81.1 cm³/mol. The Labute approximate surface area is 126 Å². The van der Waals surface area contributed by atoms with Crippen LogP contribution in [0.3, 0.4) is 0 Å². The number of carboxylic acid groups (broad SMARTS) is 1. The minimum Gasteiger partial charge on any atom is -0.481 e. The normalized spacial score (nSPS) is 31.0. The minimum absolute atomic E-state index is 0.214. The first-order chi connectivity index (χ1) is 9.92. The van der Waals surface area contributed by atoms with Crippen molar-refractivity contribution >= 4 is 12.0 Å². The van der Waals surface area contributed by atoms with Crippen LogP contribution in [-0.2, 0) is 4.79 Å². The molecule has 3 N–H and O–H groups in total. The molecule has 2 unspecified atom stereocenters. The Balaban J connectivity index is 1.86. The second-order valence-electron chi connectivity index (χ2n) is 7.06. The molecule has 2 fully saturated rings. The van der Waals surface area contributed by atoms with Crippen LogP contribution in [0.25, 0.3) is 0 Å². The molecule has 2 atom stereocenters. The molecule has 2 saturated carbocycles. The van der Waals surface area contributed by atoms with Gasteiger partial charge in [0.25, 0.3) is 0 Å². The Morgan fingerprint density at radius 3 is 2.43 bits per heavy atom. The summed E-state index contributed by atoms with van der Waals surface area (Å²) in [4.78, 5) is 23.5. The van der Waals surface area contributed by atoms with Crippen molar-refractivity contribution < 1.29 is 14.7 Å². The van der Waals surface area contributed by atoms with Crippen LogP contribution in [0.4, 0.5) is 4.79 Å². The molecule has 0 aliphatic heterocycles. The maximum atomic E-state index is 12.1. The second-order valence-corrected chi connectivity index (χ2v) is 7.06. The third-order valence-electron chi connectivity index (χ3n) is 5.79. The van der Waals surface area contributed by atoms with Crippen molar-refractivity contribution in [1.29, 1.82) is 0 Å². The molecule has 0 heterocycles. The van der Waals surface area contributed by atoms with Gasteiger partial charge in [-0.2, -0.15) is 0 Å². The second kappa shape index (κ2) is 6.24. The maximum Gasteiger partial charge on any atom is 0.315 e. The van der Waals surface area contributed by atoms with Gasteiger partial charge in [0.15, 0.2) is 0 Å². The van der Waals surface area contributed by atoms with Crippen molar-refractivity contribution in [2.45, 2.75) is 71.3 Å². The molecule has 5 heteroatoms. The fraction of sp³-hybridized carbons (Fsp3) is 0.875. The maximum absolute atomic E-state index is 12.1. The average molecular weight is 296 g/mol. The van der Waals surface area contributed by atoms with Crippen molar-refractivity contribution in [3.63, 3.8) is 0 Å². The molecule has 5 nitrogen and oxygen atoms in total. The summed E-state index contributed by atoms with van der Waals surface area (Å²) in [6.07, 6.45) is 8.17. The third kappa shape index (κ3) is 3.33. The number of hydrogen-bond acceptors (Lipinski definition) is 2. The molecule has 0 radical (unpaired) electrons. The molecule has 2 rings (SSSR count). The fourth-order valence-corrected chi connectivity index (χ4v) is 3.91. The van der Waals surface area contributed by atoms with Gasteiger partial charge in [0.05, 0.1) is 5.41 Å². The quantitative estimate of drug-likeness (QED) is 0.730. The third-order valence-corrected chi connectivity index (χ3v) is 5.79. The number of carboxylic acids is 1. The van der Waals surface area contributed by atoms with Crippen LogP contribution in [0.1, 0.15) is 65.2 Å². The van der Waals surface area contributed by atoms with E-state index in [1.807, 2.05) is 0 Å². The molecule has 0 spiro atoms. The molecule has 0 aromatic carbocycles. The van der Waals surface area contributed by atoms with E-state index in [1.165, 1.54) is 25.7 Å². The van der Waals surface area contributed by atoms with E-state index in [1.54, 1.807) is 6.92 Å². The van der Waals surface area contributed by atoms with Gasteiger partial charge < -0.3 is 15.7 Å². The number of rotatable bonds is 5. The summed E-state index contributed by atoms with van der Waals surface area (Å²) in [6.45, 7) is 4.62. The van der Waals surface area contributed by atoms with Crippen molar-refractivity contribution in [2.24, 2.45) is 10.8 Å². The van der Waals surface area contributed by atoms with Crippen molar-refractivity contribution in [3.8, 4) is 0 Å². The molecule has 0 aromatic heterocycles. The van der Waals surface area contributed by atoms with E-state index < -0.39 is 11.4 Å². The molecular weight excluding hydrogens is 268 g/mol. The molecule has 0 saturated heterocycles. The summed E-state index contributed by atoms with van der Waals surface area (Å²) >= 11 is 0. The van der Waals surface area contributed by atoms with E-state index >= 15 is 0 Å². The first-order valence-corrected chi connectivity index (χ1v) is 8.20. The van der Waals surface area contributed by atoms with Crippen molar-refractivity contribution in [3.05, 3.63) is 0 Å². The summed E-state index contributed by atoms with van der Waals surface area (Å²) in [5.74, 6) is -0.814. The minimum atomic E-state index is -0.826. The highest BCUT2D eigenvalue weighted by atomic mass is 16.4. The van der Waals surface area contributed by atoms with Gasteiger partial charge in [0.1, 0.15) is 0 Å². The first kappa shape index (κ1) is 16.1. The van der Waals surface area contributed by atoms with Gasteiger partial charge in [-0.3, -0.25) is 4.79 Å². The van der Waals surface area contributed by atoms with E-state index in [0.717, 1.165) is 19.3 Å². The molecular formula is C16H28N2O3. The monoisotopic (exact) mass is 296 g/mol. The highest BCUT2D eigenvalue weighted by Gasteiger charge is 2.46. The predicted octanol–water partition coefficient (Wildman–Crippen LogP) is 2.90. The summed E-state index contributed by atoms with van der Waals surface area (Å²) in [5.41, 5.74) is -0.573. The number of carbonyl (C=O) groups excluding carboxylic acids is 1. The lowest BCUT2D eigenvalue weighted by atomic mass is 9.83. The number of urea groups is 1. The van der Waals surface area contributed by atoms with Crippen LogP contribution < -0.4 is 10.6 Å². The SMILES string of the molecule is CCC1(CNC(=O)NC2CCCC2(C)C(=O)O)CCCC1. The lowest BCUT2D eigenvalue weighted by molar-refractivity contribution is -0.148. The average Bonchev–Trinajstić information content (AvgIpc) is 3.06. The Morgan fingerprint density at radius 1 is 1.19 bits per heavy atom. The number of hydrogen-bond donors (Lipinski definition) is 3. The molecule has 21 heavy (non-hydrogen) atoms. The van der Waals surface area contributed by atoms with Crippen LogP contribution in [-0.4, -0.2) is 29.7 Å². The van der Waals surface area contributed by atoms with Crippen molar-refractivity contribution in [2.75, 3.05) is 6.54 Å². The van der Waals surface area contributed by atoms with E-state index in [0.29, 0.717) is 13.0 Å². The van der Waals surface area contributed by atoms with Gasteiger partial charge in [-0.15, -0.1) is 0 Å². The highest BCUT2D eigenvalue weighted by Crippen LogP contribution is 2.40. The van der Waals surface area contributed by atoms with Gasteiger partial charge in [0, 0.05) is 12.6 Å². The molecule has 0 aromatic rings. The summed E-state index contributed by atoms with van der Waals surface area (Å²) in [6, 6.07) is -0.481. The zero-order chi connectivity index (χ0) is 15.5. The number of nitrogens with one attached hydrogen (secondary N) is 2. The first-order valence-electron chi connectivity index (χ1n) is 8.20.